The van der Waals surface area contributed by atoms with Crippen LogP contribution in [0.2, 0.25) is 0 Å². The molecule has 0 saturated carbocycles. The number of esters is 1. The molecule has 2 aromatic rings. The van der Waals surface area contributed by atoms with Crippen molar-refractivity contribution >= 4 is 13.8 Å². The first kappa shape index (κ1) is 20.7. The zero-order valence-electron chi connectivity index (χ0n) is 15.4. The van der Waals surface area contributed by atoms with E-state index >= 15 is 0 Å². The van der Waals surface area contributed by atoms with Crippen LogP contribution in [0.3, 0.4) is 0 Å². The van der Waals surface area contributed by atoms with Gasteiger partial charge in [-0.1, -0.05) is 49.9 Å². The molecule has 0 fully saturated rings. The molecule has 0 aliphatic rings. The van der Waals surface area contributed by atoms with E-state index in [9.17, 15) is 9.36 Å². The first-order valence-electron chi connectivity index (χ1n) is 8.52. The highest BCUT2D eigenvalue weighted by atomic mass is 31.2. The maximum absolute atomic E-state index is 13.3. The van der Waals surface area contributed by atoms with E-state index in [1.807, 2.05) is 19.1 Å². The summed E-state index contributed by atoms with van der Waals surface area (Å²) < 4.78 is 35.1. The van der Waals surface area contributed by atoms with Gasteiger partial charge in [-0.15, -0.1) is 0 Å². The second kappa shape index (κ2) is 9.95. The van der Waals surface area contributed by atoms with Crippen molar-refractivity contribution in [2.45, 2.75) is 26.4 Å². The minimum atomic E-state index is -4.03. The second-order valence-electron chi connectivity index (χ2n) is 5.77. The molecule has 0 bridgehead atoms. The Morgan fingerprint density at radius 3 is 1.89 bits per heavy atom. The second-order valence-corrected chi connectivity index (χ2v) is 7.24. The van der Waals surface area contributed by atoms with Gasteiger partial charge < -0.3 is 13.8 Å². The van der Waals surface area contributed by atoms with Crippen molar-refractivity contribution < 1.29 is 27.7 Å². The van der Waals surface area contributed by atoms with Crippen LogP contribution >= 0.6 is 7.82 Å². The molecular weight excluding hydrogens is 367 g/mol. The number of benzene rings is 2. The van der Waals surface area contributed by atoms with Crippen molar-refractivity contribution in [1.82, 2.24) is 0 Å². The van der Waals surface area contributed by atoms with Crippen LogP contribution in [-0.2, 0) is 18.6 Å². The van der Waals surface area contributed by atoms with Crippen molar-refractivity contribution in [2.24, 2.45) is 0 Å². The van der Waals surface area contributed by atoms with E-state index in [1.165, 1.54) is 0 Å². The fourth-order valence-electron chi connectivity index (χ4n) is 1.98. The molecule has 0 heterocycles. The molecule has 2 aromatic carbocycles. The van der Waals surface area contributed by atoms with Gasteiger partial charge in [-0.2, -0.15) is 0 Å². The molecule has 0 aromatic heterocycles. The molecule has 0 amide bonds. The van der Waals surface area contributed by atoms with E-state index < -0.39 is 19.9 Å². The standard InChI is InChI=1S/C20H23O6P/c1-4-17(15-23-20(21)16(2)3)24-27(22,25-18-11-7-5-8-12-18)26-19-13-9-6-10-14-19/h5-14,17H,2,4,15H2,1,3H3. The Morgan fingerprint density at radius 2 is 1.48 bits per heavy atom. The van der Waals surface area contributed by atoms with Gasteiger partial charge in [0, 0.05) is 5.57 Å². The van der Waals surface area contributed by atoms with Gasteiger partial charge in [0.25, 0.3) is 0 Å². The Hall–Kier alpha value is -2.56. The lowest BCUT2D eigenvalue weighted by Crippen LogP contribution is -2.23. The van der Waals surface area contributed by atoms with E-state index in [4.69, 9.17) is 18.3 Å². The zero-order valence-corrected chi connectivity index (χ0v) is 16.3. The van der Waals surface area contributed by atoms with Crippen molar-refractivity contribution in [1.29, 1.82) is 0 Å². The summed E-state index contributed by atoms with van der Waals surface area (Å²) in [6.45, 7) is 6.79. The molecule has 0 aliphatic carbocycles. The average Bonchev–Trinajstić information content (AvgIpc) is 2.66. The van der Waals surface area contributed by atoms with Crippen LogP contribution in [0, 0.1) is 0 Å². The van der Waals surface area contributed by atoms with Gasteiger partial charge in [-0.05, 0) is 37.6 Å². The molecular formula is C20H23O6P. The Balaban J connectivity index is 2.16. The fourth-order valence-corrected chi connectivity index (χ4v) is 3.44. The number of rotatable bonds is 10. The molecule has 2 rings (SSSR count). The predicted octanol–water partition coefficient (Wildman–Crippen LogP) is 5.17. The molecule has 6 nitrogen and oxygen atoms in total. The number of hydrogen-bond acceptors (Lipinski definition) is 6. The quantitative estimate of drug-likeness (QED) is 0.317. The highest BCUT2D eigenvalue weighted by Crippen LogP contribution is 2.50. The third-order valence-electron chi connectivity index (χ3n) is 3.40. The molecule has 0 radical (unpaired) electrons. The number of ether oxygens (including phenoxy) is 1. The molecule has 0 aliphatic heterocycles. The normalized spacial score (nSPS) is 12.1. The van der Waals surface area contributed by atoms with Gasteiger partial charge in [-0.25, -0.2) is 9.36 Å². The number of carbonyl (C=O) groups is 1. The molecule has 0 N–H and O–H groups in total. The first-order chi connectivity index (χ1) is 12.9. The van der Waals surface area contributed by atoms with Crippen LogP contribution in [0.1, 0.15) is 20.3 Å². The lowest BCUT2D eigenvalue weighted by Gasteiger charge is -2.23. The monoisotopic (exact) mass is 390 g/mol. The van der Waals surface area contributed by atoms with Crippen LogP contribution in [0.5, 0.6) is 11.5 Å². The Morgan fingerprint density at radius 1 is 1.00 bits per heavy atom. The van der Waals surface area contributed by atoms with Gasteiger partial charge in [0.1, 0.15) is 24.2 Å². The maximum Gasteiger partial charge on any atom is 0.587 e. The van der Waals surface area contributed by atoms with Crippen molar-refractivity contribution in [2.75, 3.05) is 6.61 Å². The van der Waals surface area contributed by atoms with Crippen molar-refractivity contribution in [3.63, 3.8) is 0 Å². The zero-order chi connectivity index (χ0) is 19.7. The summed E-state index contributed by atoms with van der Waals surface area (Å²) in [5, 5.41) is 0. The third kappa shape index (κ3) is 6.93. The lowest BCUT2D eigenvalue weighted by atomic mass is 10.3. The van der Waals surface area contributed by atoms with Crippen molar-refractivity contribution in [3.8, 4) is 11.5 Å². The number of hydrogen-bond donors (Lipinski definition) is 0. The maximum atomic E-state index is 13.3. The smallest absolute Gasteiger partial charge is 0.460 e. The van der Waals surface area contributed by atoms with E-state index in [2.05, 4.69) is 6.58 Å². The summed E-state index contributed by atoms with van der Waals surface area (Å²) in [5.41, 5.74) is 0.272. The largest absolute Gasteiger partial charge is 0.587 e. The summed E-state index contributed by atoms with van der Waals surface area (Å²) in [4.78, 5) is 11.6. The van der Waals surface area contributed by atoms with E-state index in [1.54, 1.807) is 55.5 Å². The predicted molar refractivity (Wildman–Crippen MR) is 103 cm³/mol. The summed E-state index contributed by atoms with van der Waals surface area (Å²) in [6, 6.07) is 17.2. The Kier molecular flexibility index (Phi) is 7.65. The summed E-state index contributed by atoms with van der Waals surface area (Å²) in [6.07, 6.45) is -0.240. The van der Waals surface area contributed by atoms with E-state index in [0.29, 0.717) is 17.9 Å². The van der Waals surface area contributed by atoms with Gasteiger partial charge in [0.2, 0.25) is 0 Å². The molecule has 1 atom stereocenters. The summed E-state index contributed by atoms with van der Waals surface area (Å²) in [5.74, 6) is 0.135. The summed E-state index contributed by atoms with van der Waals surface area (Å²) in [7, 11) is -4.03. The van der Waals surface area contributed by atoms with E-state index in [0.717, 1.165) is 0 Å². The SMILES string of the molecule is C=C(C)C(=O)OCC(CC)OP(=O)(Oc1ccccc1)Oc1ccccc1. The number of phosphoric ester groups is 1. The minimum absolute atomic E-state index is 0.0948. The fraction of sp³-hybridized carbons (Fsp3) is 0.250. The highest BCUT2D eigenvalue weighted by Gasteiger charge is 2.34. The van der Waals surface area contributed by atoms with Gasteiger partial charge >= 0.3 is 13.8 Å². The number of phosphoric acid groups is 1. The van der Waals surface area contributed by atoms with Crippen LogP contribution in [0.4, 0.5) is 0 Å². The molecule has 1 unspecified atom stereocenters. The molecule has 27 heavy (non-hydrogen) atoms. The van der Waals surface area contributed by atoms with Gasteiger partial charge in [0.05, 0.1) is 0 Å². The van der Waals surface area contributed by atoms with Crippen LogP contribution in [0.25, 0.3) is 0 Å². The Bertz CT molecular complexity index is 745. The number of para-hydroxylation sites is 2. The number of carbonyl (C=O) groups excluding carboxylic acids is 1. The van der Waals surface area contributed by atoms with E-state index in [-0.39, 0.29) is 12.2 Å². The molecule has 0 saturated heterocycles. The third-order valence-corrected chi connectivity index (χ3v) is 4.83. The average molecular weight is 390 g/mol. The molecule has 144 valence electrons. The molecule has 7 heteroatoms. The Labute approximate surface area is 159 Å². The summed E-state index contributed by atoms with van der Waals surface area (Å²) >= 11 is 0. The van der Waals surface area contributed by atoms with Crippen LogP contribution in [0.15, 0.2) is 72.8 Å². The minimum Gasteiger partial charge on any atom is -0.460 e. The van der Waals surface area contributed by atoms with Crippen molar-refractivity contribution in [3.05, 3.63) is 72.8 Å². The van der Waals surface area contributed by atoms with Crippen LogP contribution in [-0.4, -0.2) is 18.7 Å². The lowest BCUT2D eigenvalue weighted by molar-refractivity contribution is -0.141. The topological polar surface area (TPSA) is 71.1 Å². The van der Waals surface area contributed by atoms with Crippen LogP contribution < -0.4 is 9.05 Å². The highest BCUT2D eigenvalue weighted by molar-refractivity contribution is 7.49. The molecule has 0 spiro atoms. The van der Waals surface area contributed by atoms with Gasteiger partial charge in [0.15, 0.2) is 0 Å². The van der Waals surface area contributed by atoms with Gasteiger partial charge in [-0.3, -0.25) is 4.52 Å². The first-order valence-corrected chi connectivity index (χ1v) is 9.98.